The number of hydrogen-bond donors (Lipinski definition) is 1. The molecule has 0 bridgehead atoms. The predicted octanol–water partition coefficient (Wildman–Crippen LogP) is 5.65. The van der Waals surface area contributed by atoms with Gasteiger partial charge in [-0.15, -0.1) is 0 Å². The maximum atomic E-state index is 13.2. The summed E-state index contributed by atoms with van der Waals surface area (Å²) >= 11 is 0. The van der Waals surface area contributed by atoms with Crippen molar-refractivity contribution in [1.82, 2.24) is 5.32 Å². The summed E-state index contributed by atoms with van der Waals surface area (Å²) < 4.78 is 0. The van der Waals surface area contributed by atoms with E-state index in [2.05, 4.69) is 5.32 Å². The standard InChI is InChI=1S/C26H28N2O2/c1-20(18-25(29)27-21(2)22-12-6-3-7-13-22)19-26(30)28(23-14-8-4-9-15-23)24-16-10-5-11-17-24/h3-17,20-21H,18-19H2,1-2H3,(H,27,29)/t20-,21-/m0/s1. The van der Waals surface area contributed by atoms with Crippen LogP contribution in [0.25, 0.3) is 0 Å². The van der Waals surface area contributed by atoms with Gasteiger partial charge in [0, 0.05) is 24.2 Å². The summed E-state index contributed by atoms with van der Waals surface area (Å²) in [6, 6.07) is 29.0. The van der Waals surface area contributed by atoms with Crippen molar-refractivity contribution < 1.29 is 9.59 Å². The lowest BCUT2D eigenvalue weighted by Gasteiger charge is -2.24. The van der Waals surface area contributed by atoms with Crippen molar-refractivity contribution in [2.75, 3.05) is 4.90 Å². The highest BCUT2D eigenvalue weighted by molar-refractivity contribution is 6.00. The second kappa shape index (κ2) is 10.4. The van der Waals surface area contributed by atoms with Crippen LogP contribution in [0.1, 0.15) is 38.3 Å². The van der Waals surface area contributed by atoms with E-state index in [1.54, 1.807) is 4.90 Å². The first-order chi connectivity index (χ1) is 14.5. The Hall–Kier alpha value is -3.40. The quantitative estimate of drug-likeness (QED) is 0.531. The Balaban J connectivity index is 1.63. The summed E-state index contributed by atoms with van der Waals surface area (Å²) in [4.78, 5) is 27.4. The molecule has 0 aliphatic heterocycles. The summed E-state index contributed by atoms with van der Waals surface area (Å²) in [5, 5.41) is 3.03. The van der Waals surface area contributed by atoms with E-state index in [1.165, 1.54) is 0 Å². The Labute approximate surface area is 178 Å². The van der Waals surface area contributed by atoms with Crippen LogP contribution in [0.15, 0.2) is 91.0 Å². The number of rotatable bonds is 8. The van der Waals surface area contributed by atoms with Crippen molar-refractivity contribution in [2.24, 2.45) is 5.92 Å². The molecule has 3 rings (SSSR count). The Morgan fingerprint density at radius 3 is 1.70 bits per heavy atom. The third-order valence-electron chi connectivity index (χ3n) is 5.01. The fraction of sp³-hybridized carbons (Fsp3) is 0.231. The lowest BCUT2D eigenvalue weighted by Crippen LogP contribution is -2.31. The number of para-hydroxylation sites is 2. The number of carbonyl (C=O) groups is 2. The highest BCUT2D eigenvalue weighted by atomic mass is 16.2. The molecule has 3 aromatic carbocycles. The van der Waals surface area contributed by atoms with Crippen LogP contribution in [0.2, 0.25) is 0 Å². The number of anilines is 2. The molecule has 4 nitrogen and oxygen atoms in total. The van der Waals surface area contributed by atoms with E-state index in [-0.39, 0.29) is 30.2 Å². The van der Waals surface area contributed by atoms with E-state index in [0.717, 1.165) is 16.9 Å². The van der Waals surface area contributed by atoms with Crippen molar-refractivity contribution in [3.63, 3.8) is 0 Å². The molecule has 30 heavy (non-hydrogen) atoms. The van der Waals surface area contributed by atoms with Gasteiger partial charge in [0.25, 0.3) is 0 Å². The predicted molar refractivity (Wildman–Crippen MR) is 121 cm³/mol. The zero-order chi connectivity index (χ0) is 21.3. The molecule has 0 unspecified atom stereocenters. The van der Waals surface area contributed by atoms with Gasteiger partial charge in [-0.1, -0.05) is 73.7 Å². The fourth-order valence-corrected chi connectivity index (χ4v) is 3.49. The van der Waals surface area contributed by atoms with Gasteiger partial charge >= 0.3 is 0 Å². The SMILES string of the molecule is C[C@@H](CC(=O)N[C@@H](C)c1ccccc1)CC(=O)N(c1ccccc1)c1ccccc1. The number of amides is 2. The average molecular weight is 401 g/mol. The van der Waals surface area contributed by atoms with E-state index in [0.29, 0.717) is 6.42 Å². The number of carbonyl (C=O) groups excluding carboxylic acids is 2. The molecule has 0 spiro atoms. The number of nitrogens with zero attached hydrogens (tertiary/aromatic N) is 1. The molecule has 0 heterocycles. The molecule has 1 N–H and O–H groups in total. The van der Waals surface area contributed by atoms with Crippen LogP contribution in [-0.2, 0) is 9.59 Å². The van der Waals surface area contributed by atoms with Gasteiger partial charge in [0.05, 0.1) is 6.04 Å². The Bertz CT molecular complexity index is 903. The Morgan fingerprint density at radius 1 is 0.733 bits per heavy atom. The van der Waals surface area contributed by atoms with E-state index >= 15 is 0 Å². The van der Waals surface area contributed by atoms with Gasteiger partial charge in [0.1, 0.15) is 0 Å². The van der Waals surface area contributed by atoms with E-state index in [1.807, 2.05) is 105 Å². The first-order valence-electron chi connectivity index (χ1n) is 10.3. The molecule has 2 atom stereocenters. The van der Waals surface area contributed by atoms with E-state index in [4.69, 9.17) is 0 Å². The lowest BCUT2D eigenvalue weighted by molar-refractivity contribution is -0.123. The van der Waals surface area contributed by atoms with Crippen molar-refractivity contribution in [3.8, 4) is 0 Å². The summed E-state index contributed by atoms with van der Waals surface area (Å²) in [6.45, 7) is 3.91. The second-order valence-electron chi connectivity index (χ2n) is 7.61. The van der Waals surface area contributed by atoms with Gasteiger partial charge in [-0.2, -0.15) is 0 Å². The van der Waals surface area contributed by atoms with Crippen LogP contribution in [0.4, 0.5) is 11.4 Å². The normalized spacial score (nSPS) is 12.6. The molecule has 3 aromatic rings. The van der Waals surface area contributed by atoms with Gasteiger partial charge in [0.15, 0.2) is 0 Å². The van der Waals surface area contributed by atoms with Crippen molar-refractivity contribution >= 4 is 23.2 Å². The molecule has 2 amide bonds. The molecule has 0 radical (unpaired) electrons. The average Bonchev–Trinajstić information content (AvgIpc) is 2.75. The molecule has 0 saturated heterocycles. The van der Waals surface area contributed by atoms with Gasteiger partial charge in [0.2, 0.25) is 11.8 Å². The van der Waals surface area contributed by atoms with Gasteiger partial charge in [-0.25, -0.2) is 0 Å². The number of nitrogens with one attached hydrogen (secondary N) is 1. The molecule has 0 aliphatic rings. The third kappa shape index (κ3) is 5.80. The number of hydrogen-bond acceptors (Lipinski definition) is 2. The minimum atomic E-state index is -0.0737. The molecule has 0 aliphatic carbocycles. The van der Waals surface area contributed by atoms with Crippen molar-refractivity contribution in [2.45, 2.75) is 32.7 Å². The Morgan fingerprint density at radius 2 is 1.20 bits per heavy atom. The summed E-state index contributed by atoms with van der Waals surface area (Å²) in [6.07, 6.45) is 0.595. The lowest BCUT2D eigenvalue weighted by atomic mass is 10.0. The highest BCUT2D eigenvalue weighted by Crippen LogP contribution is 2.27. The zero-order valence-electron chi connectivity index (χ0n) is 17.5. The summed E-state index contributed by atoms with van der Waals surface area (Å²) in [7, 11) is 0. The van der Waals surface area contributed by atoms with Crippen LogP contribution in [0.5, 0.6) is 0 Å². The largest absolute Gasteiger partial charge is 0.350 e. The van der Waals surface area contributed by atoms with Crippen molar-refractivity contribution in [3.05, 3.63) is 96.6 Å². The highest BCUT2D eigenvalue weighted by Gasteiger charge is 2.22. The van der Waals surface area contributed by atoms with Crippen LogP contribution in [0.3, 0.4) is 0 Å². The van der Waals surface area contributed by atoms with Gasteiger partial charge < -0.3 is 5.32 Å². The smallest absolute Gasteiger partial charge is 0.231 e. The molecule has 154 valence electrons. The first-order valence-corrected chi connectivity index (χ1v) is 10.3. The first kappa shape index (κ1) is 21.3. The van der Waals surface area contributed by atoms with Crippen molar-refractivity contribution in [1.29, 1.82) is 0 Å². The molecule has 0 aromatic heterocycles. The molecular formula is C26H28N2O2. The maximum Gasteiger partial charge on any atom is 0.231 e. The van der Waals surface area contributed by atoms with E-state index in [9.17, 15) is 9.59 Å². The summed E-state index contributed by atoms with van der Waals surface area (Å²) in [5.41, 5.74) is 2.71. The van der Waals surface area contributed by atoms with Gasteiger partial charge in [-0.3, -0.25) is 14.5 Å². The monoisotopic (exact) mass is 400 g/mol. The van der Waals surface area contributed by atoms with Crippen LogP contribution in [-0.4, -0.2) is 11.8 Å². The molecular weight excluding hydrogens is 372 g/mol. The second-order valence-corrected chi connectivity index (χ2v) is 7.61. The van der Waals surface area contributed by atoms with Gasteiger partial charge in [-0.05, 0) is 42.7 Å². The van der Waals surface area contributed by atoms with Crippen LogP contribution < -0.4 is 10.2 Å². The minimum absolute atomic E-state index is 0.0243. The Kier molecular flexibility index (Phi) is 7.39. The zero-order valence-corrected chi connectivity index (χ0v) is 17.5. The minimum Gasteiger partial charge on any atom is -0.350 e. The molecule has 4 heteroatoms. The van der Waals surface area contributed by atoms with Crippen LogP contribution >= 0.6 is 0 Å². The third-order valence-corrected chi connectivity index (χ3v) is 5.01. The van der Waals surface area contributed by atoms with Crippen LogP contribution in [0, 0.1) is 5.92 Å². The fourth-order valence-electron chi connectivity index (χ4n) is 3.49. The molecule has 0 fully saturated rings. The maximum absolute atomic E-state index is 13.2. The summed E-state index contributed by atoms with van der Waals surface area (Å²) in [5.74, 6) is -0.142. The van der Waals surface area contributed by atoms with E-state index < -0.39 is 0 Å². The molecule has 0 saturated carbocycles. The number of benzene rings is 3. The topological polar surface area (TPSA) is 49.4 Å².